The van der Waals surface area contributed by atoms with Gasteiger partial charge >= 0.3 is 6.09 Å². The summed E-state index contributed by atoms with van der Waals surface area (Å²) in [5.41, 5.74) is 6.30. The molecule has 0 saturated heterocycles. The third kappa shape index (κ3) is 8.29. The number of benzene rings is 1. The van der Waals surface area contributed by atoms with E-state index >= 15 is 0 Å². The van der Waals surface area contributed by atoms with E-state index in [9.17, 15) is 4.79 Å². The fraction of sp³-hybridized carbons (Fsp3) is 0.533. The van der Waals surface area contributed by atoms with Gasteiger partial charge in [0, 0.05) is 13.1 Å². The molecule has 6 nitrogen and oxygen atoms in total. The molecule has 3 N–H and O–H groups in total. The van der Waals surface area contributed by atoms with Crippen LogP contribution in [-0.4, -0.2) is 38.2 Å². The largest absolute Gasteiger partial charge is 0.445 e. The lowest BCUT2D eigenvalue weighted by Gasteiger charge is -2.25. The Morgan fingerprint density at radius 3 is 2.52 bits per heavy atom. The molecule has 0 aromatic heterocycles. The molecular formula is C15H24N2O4. The molecule has 0 unspecified atom stereocenters. The van der Waals surface area contributed by atoms with Gasteiger partial charge in [0.1, 0.15) is 6.61 Å². The van der Waals surface area contributed by atoms with Crippen LogP contribution in [0.2, 0.25) is 0 Å². The van der Waals surface area contributed by atoms with Crippen LogP contribution in [0.1, 0.15) is 19.4 Å². The monoisotopic (exact) mass is 296 g/mol. The normalized spacial score (nSPS) is 11.2. The Labute approximate surface area is 125 Å². The summed E-state index contributed by atoms with van der Waals surface area (Å²) in [5, 5.41) is 2.62. The van der Waals surface area contributed by atoms with Gasteiger partial charge in [0.05, 0.1) is 13.2 Å². The lowest BCUT2D eigenvalue weighted by molar-refractivity contribution is -0.210. The summed E-state index contributed by atoms with van der Waals surface area (Å²) in [7, 11) is 0. The molecule has 0 spiro atoms. The number of carbonyl (C=O) groups is 1. The van der Waals surface area contributed by atoms with Gasteiger partial charge in [-0.1, -0.05) is 30.3 Å². The first-order valence-electron chi connectivity index (χ1n) is 6.96. The van der Waals surface area contributed by atoms with Gasteiger partial charge in [-0.25, -0.2) is 4.79 Å². The Balaban J connectivity index is 2.11. The van der Waals surface area contributed by atoms with Crippen molar-refractivity contribution in [3.05, 3.63) is 35.9 Å². The van der Waals surface area contributed by atoms with Crippen LogP contribution in [0.25, 0.3) is 0 Å². The van der Waals surface area contributed by atoms with Crippen molar-refractivity contribution in [1.29, 1.82) is 0 Å². The maximum Gasteiger partial charge on any atom is 0.407 e. The molecule has 0 fully saturated rings. The highest BCUT2D eigenvalue weighted by atomic mass is 16.7. The molecule has 0 bridgehead atoms. The molecular weight excluding hydrogens is 272 g/mol. The summed E-state index contributed by atoms with van der Waals surface area (Å²) in [5.74, 6) is -0.713. The van der Waals surface area contributed by atoms with Crippen molar-refractivity contribution in [1.82, 2.24) is 5.32 Å². The quantitative estimate of drug-likeness (QED) is 0.535. The molecule has 1 rings (SSSR count). The van der Waals surface area contributed by atoms with Crippen LogP contribution < -0.4 is 11.1 Å². The topological polar surface area (TPSA) is 82.8 Å². The second kappa shape index (κ2) is 9.33. The van der Waals surface area contributed by atoms with Gasteiger partial charge in [-0.05, 0) is 19.4 Å². The van der Waals surface area contributed by atoms with Crippen molar-refractivity contribution in [2.24, 2.45) is 5.73 Å². The van der Waals surface area contributed by atoms with Crippen LogP contribution in [0.3, 0.4) is 0 Å². The van der Waals surface area contributed by atoms with E-state index in [4.69, 9.17) is 19.9 Å². The Bertz CT molecular complexity index is 409. The molecule has 118 valence electrons. The first-order chi connectivity index (χ1) is 10.0. The van der Waals surface area contributed by atoms with Crippen LogP contribution in [0, 0.1) is 0 Å². The van der Waals surface area contributed by atoms with Gasteiger partial charge < -0.3 is 25.3 Å². The highest BCUT2D eigenvalue weighted by Gasteiger charge is 2.18. The number of amides is 1. The van der Waals surface area contributed by atoms with Gasteiger partial charge in [0.2, 0.25) is 0 Å². The molecule has 0 aliphatic heterocycles. The van der Waals surface area contributed by atoms with Crippen LogP contribution in [-0.2, 0) is 20.8 Å². The molecule has 1 amide bonds. The second-order valence-electron chi connectivity index (χ2n) is 4.87. The number of ether oxygens (including phenoxy) is 3. The highest BCUT2D eigenvalue weighted by Crippen LogP contribution is 2.09. The second-order valence-corrected chi connectivity index (χ2v) is 4.87. The predicted molar refractivity (Wildman–Crippen MR) is 79.7 cm³/mol. The number of nitrogens with one attached hydrogen (secondary N) is 1. The molecule has 6 heteroatoms. The minimum absolute atomic E-state index is 0.249. The lowest BCUT2D eigenvalue weighted by atomic mass is 10.2. The number of carbonyl (C=O) groups excluding carboxylic acids is 1. The molecule has 0 saturated carbocycles. The van der Waals surface area contributed by atoms with Crippen molar-refractivity contribution < 1.29 is 19.0 Å². The summed E-state index contributed by atoms with van der Waals surface area (Å²) in [6, 6.07) is 9.50. The zero-order valence-electron chi connectivity index (χ0n) is 12.6. The third-order valence-corrected chi connectivity index (χ3v) is 2.60. The standard InChI is InChI=1S/C15H24N2O4/c1-15(2,20-10-8-16)21-11-9-17-14(18)19-12-13-6-4-3-5-7-13/h3-7H,8-12,16H2,1-2H3,(H,17,18). The van der Waals surface area contributed by atoms with E-state index in [-0.39, 0.29) is 6.61 Å². The number of nitrogens with two attached hydrogens (primary N) is 1. The fourth-order valence-electron chi connectivity index (χ4n) is 1.57. The van der Waals surface area contributed by atoms with Crippen LogP contribution in [0.5, 0.6) is 0 Å². The van der Waals surface area contributed by atoms with Crippen molar-refractivity contribution in [3.8, 4) is 0 Å². The van der Waals surface area contributed by atoms with Crippen LogP contribution >= 0.6 is 0 Å². The van der Waals surface area contributed by atoms with E-state index in [0.29, 0.717) is 26.3 Å². The maximum absolute atomic E-state index is 11.5. The Morgan fingerprint density at radius 2 is 1.86 bits per heavy atom. The number of hydrogen-bond acceptors (Lipinski definition) is 5. The van der Waals surface area contributed by atoms with E-state index in [1.807, 2.05) is 30.3 Å². The third-order valence-electron chi connectivity index (χ3n) is 2.60. The zero-order chi connectivity index (χ0) is 15.6. The van der Waals surface area contributed by atoms with E-state index in [1.165, 1.54) is 0 Å². The average molecular weight is 296 g/mol. The van der Waals surface area contributed by atoms with Crippen LogP contribution in [0.15, 0.2) is 30.3 Å². The van der Waals surface area contributed by atoms with Gasteiger partial charge in [-0.3, -0.25) is 0 Å². The van der Waals surface area contributed by atoms with Crippen LogP contribution in [0.4, 0.5) is 4.79 Å². The molecule has 0 heterocycles. The maximum atomic E-state index is 11.5. The summed E-state index contributed by atoms with van der Waals surface area (Å²) >= 11 is 0. The SMILES string of the molecule is CC(C)(OCCN)OCCNC(=O)OCc1ccccc1. The molecule has 0 atom stereocenters. The molecule has 1 aromatic carbocycles. The van der Waals surface area contributed by atoms with E-state index < -0.39 is 11.9 Å². The zero-order valence-corrected chi connectivity index (χ0v) is 12.6. The van der Waals surface area contributed by atoms with Gasteiger partial charge in [0.15, 0.2) is 5.79 Å². The average Bonchev–Trinajstić information content (AvgIpc) is 2.49. The Kier molecular flexibility index (Phi) is 7.74. The first-order valence-corrected chi connectivity index (χ1v) is 6.96. The van der Waals surface area contributed by atoms with E-state index in [1.54, 1.807) is 13.8 Å². The van der Waals surface area contributed by atoms with Gasteiger partial charge in [-0.2, -0.15) is 0 Å². The predicted octanol–water partition coefficient (Wildman–Crippen LogP) is 1.64. The minimum Gasteiger partial charge on any atom is -0.445 e. The number of rotatable bonds is 9. The minimum atomic E-state index is -0.713. The number of alkyl carbamates (subject to hydrolysis) is 1. The molecule has 1 aromatic rings. The Morgan fingerprint density at radius 1 is 1.19 bits per heavy atom. The summed E-state index contributed by atoms with van der Waals surface area (Å²) in [6.45, 7) is 5.41. The summed E-state index contributed by atoms with van der Waals surface area (Å²) in [6.07, 6.45) is -0.469. The molecule has 0 aliphatic rings. The van der Waals surface area contributed by atoms with Crippen molar-refractivity contribution >= 4 is 6.09 Å². The van der Waals surface area contributed by atoms with E-state index in [0.717, 1.165) is 5.56 Å². The molecule has 21 heavy (non-hydrogen) atoms. The van der Waals surface area contributed by atoms with Crippen molar-refractivity contribution in [2.45, 2.75) is 26.2 Å². The smallest absolute Gasteiger partial charge is 0.407 e. The molecule has 0 aliphatic carbocycles. The number of hydrogen-bond donors (Lipinski definition) is 2. The van der Waals surface area contributed by atoms with E-state index in [2.05, 4.69) is 5.32 Å². The van der Waals surface area contributed by atoms with Gasteiger partial charge in [0.25, 0.3) is 0 Å². The Hall–Kier alpha value is -1.63. The fourth-order valence-corrected chi connectivity index (χ4v) is 1.57. The van der Waals surface area contributed by atoms with Crippen molar-refractivity contribution in [3.63, 3.8) is 0 Å². The molecule has 0 radical (unpaired) electrons. The van der Waals surface area contributed by atoms with Gasteiger partial charge in [-0.15, -0.1) is 0 Å². The van der Waals surface area contributed by atoms with Crippen molar-refractivity contribution in [2.75, 3.05) is 26.3 Å². The highest BCUT2D eigenvalue weighted by molar-refractivity contribution is 5.67. The summed E-state index contributed by atoms with van der Waals surface area (Å²) in [4.78, 5) is 11.5. The summed E-state index contributed by atoms with van der Waals surface area (Å²) < 4.78 is 16.0. The first kappa shape index (κ1) is 17.4. The lowest BCUT2D eigenvalue weighted by Crippen LogP contribution is -2.35.